The highest BCUT2D eigenvalue weighted by molar-refractivity contribution is 7.92. The summed E-state index contributed by atoms with van der Waals surface area (Å²) in [6, 6.07) is 9.42. The molecule has 0 aliphatic rings. The van der Waals surface area contributed by atoms with Crippen LogP contribution in [-0.4, -0.2) is 50.5 Å². The Labute approximate surface area is 218 Å². The molecule has 0 aliphatic carbocycles. The molecule has 7 nitrogen and oxygen atoms in total. The van der Waals surface area contributed by atoms with E-state index in [1.54, 1.807) is 37.3 Å². The minimum atomic E-state index is -3.79. The summed E-state index contributed by atoms with van der Waals surface area (Å²) in [6.45, 7) is 7.43. The minimum Gasteiger partial charge on any atom is -0.354 e. The van der Waals surface area contributed by atoms with Gasteiger partial charge in [0.1, 0.15) is 12.6 Å². The molecule has 0 unspecified atom stereocenters. The first-order chi connectivity index (χ1) is 16.4. The molecule has 0 bridgehead atoms. The van der Waals surface area contributed by atoms with E-state index in [2.05, 4.69) is 5.32 Å². The number of hydrogen-bond donors (Lipinski definition) is 1. The second-order valence-electron chi connectivity index (χ2n) is 8.58. The quantitative estimate of drug-likeness (QED) is 0.417. The summed E-state index contributed by atoms with van der Waals surface area (Å²) in [5, 5.41) is 3.54. The van der Waals surface area contributed by atoms with Gasteiger partial charge in [-0.15, -0.1) is 0 Å². The van der Waals surface area contributed by atoms with Gasteiger partial charge in [-0.1, -0.05) is 54.7 Å². The summed E-state index contributed by atoms with van der Waals surface area (Å²) >= 11 is 12.2. The van der Waals surface area contributed by atoms with Crippen LogP contribution in [0.1, 0.15) is 43.4 Å². The lowest BCUT2D eigenvalue weighted by Crippen LogP contribution is -2.51. The number of hydrogen-bond acceptors (Lipinski definition) is 4. The second kappa shape index (κ2) is 12.6. The van der Waals surface area contributed by atoms with Crippen molar-refractivity contribution in [1.82, 2.24) is 10.2 Å². The van der Waals surface area contributed by atoms with E-state index in [0.717, 1.165) is 34.5 Å². The molecule has 1 N–H and O–H groups in total. The predicted octanol–water partition coefficient (Wildman–Crippen LogP) is 4.71. The van der Waals surface area contributed by atoms with Gasteiger partial charge in [0, 0.05) is 13.1 Å². The Morgan fingerprint density at radius 3 is 2.37 bits per heavy atom. The van der Waals surface area contributed by atoms with Gasteiger partial charge in [-0.05, 0) is 62.1 Å². The van der Waals surface area contributed by atoms with Crippen LogP contribution in [0.15, 0.2) is 36.4 Å². The molecule has 0 heterocycles. The molecule has 35 heavy (non-hydrogen) atoms. The fourth-order valence-electron chi connectivity index (χ4n) is 3.55. The van der Waals surface area contributed by atoms with E-state index < -0.39 is 28.5 Å². The van der Waals surface area contributed by atoms with Crippen LogP contribution >= 0.6 is 23.2 Å². The van der Waals surface area contributed by atoms with Crippen molar-refractivity contribution in [3.63, 3.8) is 0 Å². The van der Waals surface area contributed by atoms with Crippen LogP contribution in [-0.2, 0) is 26.2 Å². The first kappa shape index (κ1) is 28.9. The monoisotopic (exact) mass is 541 g/mol. The van der Waals surface area contributed by atoms with E-state index in [9.17, 15) is 18.0 Å². The number of halogens is 2. The molecule has 1 atom stereocenters. The summed E-state index contributed by atoms with van der Waals surface area (Å²) in [5.41, 5.74) is 2.75. The summed E-state index contributed by atoms with van der Waals surface area (Å²) in [7, 11) is -3.79. The van der Waals surface area contributed by atoms with E-state index in [-0.39, 0.29) is 12.5 Å². The number of amides is 2. The van der Waals surface area contributed by atoms with Gasteiger partial charge in [0.25, 0.3) is 0 Å². The van der Waals surface area contributed by atoms with Gasteiger partial charge in [-0.2, -0.15) is 0 Å². The number of aryl methyl sites for hydroxylation is 1. The van der Waals surface area contributed by atoms with Gasteiger partial charge < -0.3 is 10.2 Å². The molecule has 10 heteroatoms. The lowest BCUT2D eigenvalue weighted by atomic mass is 10.1. The number of unbranched alkanes of at least 4 members (excludes halogenated alkanes) is 1. The van der Waals surface area contributed by atoms with Crippen molar-refractivity contribution in [2.45, 2.75) is 53.1 Å². The molecule has 2 aromatic carbocycles. The Morgan fingerprint density at radius 1 is 1.09 bits per heavy atom. The van der Waals surface area contributed by atoms with E-state index in [1.165, 1.54) is 4.90 Å². The molecule has 0 fully saturated rings. The summed E-state index contributed by atoms with van der Waals surface area (Å²) in [5.74, 6) is -0.829. The van der Waals surface area contributed by atoms with E-state index in [1.807, 2.05) is 26.8 Å². The Morgan fingerprint density at radius 2 is 1.77 bits per heavy atom. The topological polar surface area (TPSA) is 86.8 Å². The molecule has 0 spiro atoms. The van der Waals surface area contributed by atoms with Crippen LogP contribution in [0.5, 0.6) is 0 Å². The van der Waals surface area contributed by atoms with Crippen molar-refractivity contribution in [2.24, 2.45) is 0 Å². The van der Waals surface area contributed by atoms with E-state index in [0.29, 0.717) is 27.8 Å². The van der Waals surface area contributed by atoms with E-state index in [4.69, 9.17) is 23.2 Å². The molecule has 2 amide bonds. The summed E-state index contributed by atoms with van der Waals surface area (Å²) in [4.78, 5) is 27.8. The fraction of sp³-hybridized carbons (Fsp3) is 0.440. The second-order valence-corrected chi connectivity index (χ2v) is 11.3. The molecule has 2 aromatic rings. The van der Waals surface area contributed by atoms with Crippen LogP contribution in [0.4, 0.5) is 5.69 Å². The number of anilines is 1. The standard InChI is InChI=1S/C25H33Cl2N3O4S/c1-6-7-13-28-25(32)19(4)29(15-20-11-12-21(26)22(27)14-20)24(31)16-30(35(5,33)34)23-10-8-9-17(2)18(23)3/h8-12,14,19H,6-7,13,15-16H2,1-5H3,(H,28,32)/t19-/m0/s1. The normalized spacial score (nSPS) is 12.2. The molecule has 0 radical (unpaired) electrons. The lowest BCUT2D eigenvalue weighted by molar-refractivity contribution is -0.139. The van der Waals surface area contributed by atoms with Crippen LogP contribution in [0, 0.1) is 13.8 Å². The molecule has 0 aliphatic heterocycles. The maximum Gasteiger partial charge on any atom is 0.244 e. The zero-order chi connectivity index (χ0) is 26.3. The number of sulfonamides is 1. The third-order valence-corrected chi connectivity index (χ3v) is 7.72. The molecular formula is C25H33Cl2N3O4S. The van der Waals surface area contributed by atoms with Crippen LogP contribution in [0.25, 0.3) is 0 Å². The average molecular weight is 543 g/mol. The number of carbonyl (C=O) groups excluding carboxylic acids is 2. The highest BCUT2D eigenvalue weighted by atomic mass is 35.5. The van der Waals surface area contributed by atoms with Crippen molar-refractivity contribution in [1.29, 1.82) is 0 Å². The zero-order valence-corrected chi connectivity index (χ0v) is 23.1. The first-order valence-corrected chi connectivity index (χ1v) is 14.0. The Hall–Kier alpha value is -2.29. The summed E-state index contributed by atoms with van der Waals surface area (Å²) < 4.78 is 26.5. The van der Waals surface area contributed by atoms with Crippen molar-refractivity contribution >= 4 is 50.7 Å². The molecule has 192 valence electrons. The third kappa shape index (κ3) is 7.85. The molecule has 0 aromatic heterocycles. The van der Waals surface area contributed by atoms with Gasteiger partial charge in [0.2, 0.25) is 21.8 Å². The average Bonchev–Trinajstić information content (AvgIpc) is 2.79. The van der Waals surface area contributed by atoms with Crippen molar-refractivity contribution in [3.8, 4) is 0 Å². The number of nitrogens with zero attached hydrogens (tertiary/aromatic N) is 2. The van der Waals surface area contributed by atoms with Gasteiger partial charge in [-0.25, -0.2) is 8.42 Å². The highest BCUT2D eigenvalue weighted by Gasteiger charge is 2.30. The van der Waals surface area contributed by atoms with Crippen molar-refractivity contribution < 1.29 is 18.0 Å². The molecular weight excluding hydrogens is 509 g/mol. The van der Waals surface area contributed by atoms with Crippen LogP contribution in [0.3, 0.4) is 0 Å². The minimum absolute atomic E-state index is 0.0580. The third-order valence-electron chi connectivity index (χ3n) is 5.86. The van der Waals surface area contributed by atoms with Crippen molar-refractivity contribution in [3.05, 3.63) is 63.1 Å². The molecule has 2 rings (SSSR count). The zero-order valence-electron chi connectivity index (χ0n) is 20.8. The predicted molar refractivity (Wildman–Crippen MR) is 142 cm³/mol. The van der Waals surface area contributed by atoms with Crippen LogP contribution < -0.4 is 9.62 Å². The first-order valence-electron chi connectivity index (χ1n) is 11.4. The Balaban J connectivity index is 2.42. The Bertz CT molecular complexity index is 1170. The molecule has 0 saturated heterocycles. The van der Waals surface area contributed by atoms with Crippen LogP contribution in [0.2, 0.25) is 10.0 Å². The number of nitrogens with one attached hydrogen (secondary N) is 1. The maximum absolute atomic E-state index is 13.6. The smallest absolute Gasteiger partial charge is 0.244 e. The Kier molecular flexibility index (Phi) is 10.4. The lowest BCUT2D eigenvalue weighted by Gasteiger charge is -2.32. The number of carbonyl (C=O) groups is 2. The number of rotatable bonds is 11. The fourth-order valence-corrected chi connectivity index (χ4v) is 4.77. The number of benzene rings is 2. The van der Waals surface area contributed by atoms with Gasteiger partial charge in [0.05, 0.1) is 22.0 Å². The van der Waals surface area contributed by atoms with Gasteiger partial charge >= 0.3 is 0 Å². The molecule has 0 saturated carbocycles. The van der Waals surface area contributed by atoms with Gasteiger partial charge in [-0.3, -0.25) is 13.9 Å². The van der Waals surface area contributed by atoms with Crippen molar-refractivity contribution in [2.75, 3.05) is 23.7 Å². The summed E-state index contributed by atoms with van der Waals surface area (Å²) in [6.07, 6.45) is 2.79. The van der Waals surface area contributed by atoms with E-state index >= 15 is 0 Å². The maximum atomic E-state index is 13.6. The largest absolute Gasteiger partial charge is 0.354 e. The SMILES string of the molecule is CCCCNC(=O)[C@H](C)N(Cc1ccc(Cl)c(Cl)c1)C(=O)CN(c1cccc(C)c1C)S(C)(=O)=O. The van der Waals surface area contributed by atoms with Gasteiger partial charge in [0.15, 0.2) is 0 Å². The highest BCUT2D eigenvalue weighted by Crippen LogP contribution is 2.26.